The molecule has 142 valence electrons. The number of aliphatic hydroxyl groups excluding tert-OH is 1. The summed E-state index contributed by atoms with van der Waals surface area (Å²) in [7, 11) is 0. The number of nitrogens with one attached hydrogen (secondary N) is 2. The summed E-state index contributed by atoms with van der Waals surface area (Å²) in [6.07, 6.45) is -10.2. The second-order valence-corrected chi connectivity index (χ2v) is 5.82. The second-order valence-electron chi connectivity index (χ2n) is 5.82. The molecule has 2 unspecified atom stereocenters. The predicted molar refractivity (Wildman–Crippen MR) is 78.9 cm³/mol. The van der Waals surface area contributed by atoms with Crippen LogP contribution < -0.4 is 10.6 Å². The number of urea groups is 1. The number of aliphatic hydroxyl groups is 1. The van der Waals surface area contributed by atoms with E-state index in [9.17, 15) is 36.2 Å². The first-order chi connectivity index (χ1) is 11.3. The van der Waals surface area contributed by atoms with Crippen LogP contribution in [-0.4, -0.2) is 23.8 Å². The minimum absolute atomic E-state index is 0.0200. The van der Waals surface area contributed by atoms with Gasteiger partial charge in [0.05, 0.1) is 17.2 Å². The predicted octanol–water partition coefficient (Wildman–Crippen LogP) is 4.25. The van der Waals surface area contributed by atoms with Crippen LogP contribution in [0.3, 0.4) is 0 Å². The molecule has 1 aromatic rings. The smallest absolute Gasteiger partial charge is 0.393 e. The van der Waals surface area contributed by atoms with Gasteiger partial charge in [0.2, 0.25) is 0 Å². The molecule has 0 aliphatic heterocycles. The lowest BCUT2D eigenvalue weighted by Crippen LogP contribution is -2.33. The highest BCUT2D eigenvalue weighted by Crippen LogP contribution is 2.37. The minimum Gasteiger partial charge on any atom is -0.393 e. The van der Waals surface area contributed by atoms with E-state index in [1.54, 1.807) is 13.8 Å². The summed E-state index contributed by atoms with van der Waals surface area (Å²) < 4.78 is 76.4. The van der Waals surface area contributed by atoms with E-state index in [1.807, 2.05) is 5.32 Å². The molecule has 0 aromatic heterocycles. The van der Waals surface area contributed by atoms with Crippen LogP contribution >= 0.6 is 0 Å². The average Bonchev–Trinajstić information content (AvgIpc) is 2.42. The lowest BCUT2D eigenvalue weighted by atomic mass is 10.1. The Balaban J connectivity index is 2.88. The SMILES string of the molecule is CC(O)CC(C)CNC(=O)Nc1cc(C(F)(F)F)cc(C(F)(F)F)c1. The van der Waals surface area contributed by atoms with Crippen LogP contribution in [0.15, 0.2) is 18.2 Å². The maximum absolute atomic E-state index is 12.7. The van der Waals surface area contributed by atoms with Crippen molar-refractivity contribution in [3.05, 3.63) is 29.3 Å². The zero-order valence-electron chi connectivity index (χ0n) is 13.4. The standard InChI is InChI=1S/C15H18F6N2O2/c1-8(3-9(2)24)7-22-13(25)23-12-5-10(14(16,17)18)4-11(6-12)15(19,20)21/h4-6,8-9,24H,3,7H2,1-2H3,(H2,22,23,25). The molecule has 2 atom stereocenters. The molecule has 0 bridgehead atoms. The Labute approximate surface area is 140 Å². The van der Waals surface area contributed by atoms with Crippen LogP contribution in [0, 0.1) is 5.92 Å². The molecular formula is C15H18F6N2O2. The van der Waals surface area contributed by atoms with Gasteiger partial charge < -0.3 is 15.7 Å². The number of hydrogen-bond donors (Lipinski definition) is 3. The van der Waals surface area contributed by atoms with Crippen molar-refractivity contribution in [2.24, 2.45) is 5.92 Å². The highest BCUT2D eigenvalue weighted by Gasteiger charge is 2.37. The summed E-state index contributed by atoms with van der Waals surface area (Å²) >= 11 is 0. The van der Waals surface area contributed by atoms with Crippen LogP contribution in [0.25, 0.3) is 0 Å². The molecule has 25 heavy (non-hydrogen) atoms. The van der Waals surface area contributed by atoms with Gasteiger partial charge in [-0.3, -0.25) is 0 Å². The number of carbonyl (C=O) groups is 1. The normalized spacial score (nSPS) is 14.8. The Bertz CT molecular complexity index is 566. The van der Waals surface area contributed by atoms with E-state index in [2.05, 4.69) is 5.32 Å². The van der Waals surface area contributed by atoms with Crippen molar-refractivity contribution in [3.8, 4) is 0 Å². The first-order valence-electron chi connectivity index (χ1n) is 7.31. The molecular weight excluding hydrogens is 354 g/mol. The Kier molecular flexibility index (Phi) is 6.69. The fourth-order valence-electron chi connectivity index (χ4n) is 2.13. The minimum atomic E-state index is -4.99. The van der Waals surface area contributed by atoms with Crippen LogP contribution in [0.5, 0.6) is 0 Å². The van der Waals surface area contributed by atoms with Crippen LogP contribution in [0.2, 0.25) is 0 Å². The summed E-state index contributed by atoms with van der Waals surface area (Å²) in [6, 6.07) is -0.111. The average molecular weight is 372 g/mol. The third-order valence-electron chi connectivity index (χ3n) is 3.20. The summed E-state index contributed by atoms with van der Waals surface area (Å²) in [5, 5.41) is 13.5. The zero-order chi connectivity index (χ0) is 19.4. The molecule has 0 heterocycles. The molecule has 0 saturated heterocycles. The van der Waals surface area contributed by atoms with Gasteiger partial charge in [0.25, 0.3) is 0 Å². The molecule has 0 radical (unpaired) electrons. The van der Waals surface area contributed by atoms with Gasteiger partial charge >= 0.3 is 18.4 Å². The maximum Gasteiger partial charge on any atom is 0.416 e. The third kappa shape index (κ3) is 7.20. The van der Waals surface area contributed by atoms with Gasteiger partial charge in [-0.05, 0) is 37.5 Å². The van der Waals surface area contributed by atoms with Crippen molar-refractivity contribution in [2.75, 3.05) is 11.9 Å². The number of alkyl halides is 6. The van der Waals surface area contributed by atoms with Gasteiger partial charge in [0, 0.05) is 12.2 Å². The van der Waals surface area contributed by atoms with Gasteiger partial charge in [-0.15, -0.1) is 0 Å². The van der Waals surface area contributed by atoms with E-state index in [4.69, 9.17) is 0 Å². The first kappa shape index (κ1) is 21.1. The van der Waals surface area contributed by atoms with E-state index in [-0.39, 0.29) is 18.5 Å². The third-order valence-corrected chi connectivity index (χ3v) is 3.20. The summed E-state index contributed by atoms with van der Waals surface area (Å²) in [4.78, 5) is 11.7. The molecule has 0 fully saturated rings. The number of amides is 2. The maximum atomic E-state index is 12.7. The fraction of sp³-hybridized carbons (Fsp3) is 0.533. The topological polar surface area (TPSA) is 61.4 Å². The second kappa shape index (κ2) is 7.94. The quantitative estimate of drug-likeness (QED) is 0.677. The molecule has 4 nitrogen and oxygen atoms in total. The highest BCUT2D eigenvalue weighted by molar-refractivity contribution is 5.89. The molecule has 10 heteroatoms. The van der Waals surface area contributed by atoms with Crippen molar-refractivity contribution in [3.63, 3.8) is 0 Å². The van der Waals surface area contributed by atoms with Crippen molar-refractivity contribution >= 4 is 11.7 Å². The largest absolute Gasteiger partial charge is 0.416 e. The van der Waals surface area contributed by atoms with E-state index >= 15 is 0 Å². The molecule has 2 amide bonds. The molecule has 0 aliphatic rings. The van der Waals surface area contributed by atoms with Crippen molar-refractivity contribution in [1.82, 2.24) is 5.32 Å². The van der Waals surface area contributed by atoms with Gasteiger partial charge in [0.1, 0.15) is 0 Å². The number of carbonyl (C=O) groups excluding carboxylic acids is 1. The van der Waals surface area contributed by atoms with E-state index in [1.165, 1.54) is 0 Å². The van der Waals surface area contributed by atoms with Gasteiger partial charge in [-0.2, -0.15) is 26.3 Å². The van der Waals surface area contributed by atoms with Gasteiger partial charge in [-0.1, -0.05) is 6.92 Å². The molecule has 1 aromatic carbocycles. The number of benzene rings is 1. The molecule has 0 aliphatic carbocycles. The lowest BCUT2D eigenvalue weighted by Gasteiger charge is -2.16. The van der Waals surface area contributed by atoms with Crippen LogP contribution in [-0.2, 0) is 12.4 Å². The van der Waals surface area contributed by atoms with E-state index in [0.29, 0.717) is 18.6 Å². The summed E-state index contributed by atoms with van der Waals surface area (Å²) in [5.74, 6) is -0.127. The lowest BCUT2D eigenvalue weighted by molar-refractivity contribution is -0.143. The number of halogens is 6. The first-order valence-corrected chi connectivity index (χ1v) is 7.31. The Morgan fingerprint density at radius 1 is 1.04 bits per heavy atom. The Morgan fingerprint density at radius 3 is 1.92 bits per heavy atom. The van der Waals surface area contributed by atoms with E-state index < -0.39 is 41.3 Å². The highest BCUT2D eigenvalue weighted by atomic mass is 19.4. The van der Waals surface area contributed by atoms with Crippen molar-refractivity contribution < 1.29 is 36.2 Å². The fourth-order valence-corrected chi connectivity index (χ4v) is 2.13. The summed E-state index contributed by atoms with van der Waals surface area (Å²) in [6.45, 7) is 3.37. The molecule has 0 saturated carbocycles. The van der Waals surface area contributed by atoms with Gasteiger partial charge in [0.15, 0.2) is 0 Å². The van der Waals surface area contributed by atoms with E-state index in [0.717, 1.165) is 0 Å². The van der Waals surface area contributed by atoms with Crippen LogP contribution in [0.4, 0.5) is 36.8 Å². The zero-order valence-corrected chi connectivity index (χ0v) is 13.4. The monoisotopic (exact) mass is 372 g/mol. The number of anilines is 1. The Hall–Kier alpha value is -1.97. The number of rotatable bonds is 5. The molecule has 3 N–H and O–H groups in total. The number of hydrogen-bond acceptors (Lipinski definition) is 2. The Morgan fingerprint density at radius 2 is 1.52 bits per heavy atom. The van der Waals surface area contributed by atoms with Crippen molar-refractivity contribution in [2.45, 2.75) is 38.7 Å². The van der Waals surface area contributed by atoms with Crippen molar-refractivity contribution in [1.29, 1.82) is 0 Å². The van der Waals surface area contributed by atoms with Gasteiger partial charge in [-0.25, -0.2) is 4.79 Å². The summed E-state index contributed by atoms with van der Waals surface area (Å²) in [5.41, 5.74) is -3.65. The van der Waals surface area contributed by atoms with Crippen LogP contribution in [0.1, 0.15) is 31.4 Å². The molecule has 1 rings (SSSR count). The molecule has 0 spiro atoms.